The number of pyridine rings is 1. The number of rotatable bonds is 7. The zero-order chi connectivity index (χ0) is 17.5. The summed E-state index contributed by atoms with van der Waals surface area (Å²) in [7, 11) is 0. The van der Waals surface area contributed by atoms with E-state index >= 15 is 0 Å². The van der Waals surface area contributed by atoms with Gasteiger partial charge in [-0.3, -0.25) is 14.6 Å². The molecule has 0 radical (unpaired) electrons. The number of likely N-dealkylation sites (tertiary alicyclic amines) is 1. The van der Waals surface area contributed by atoms with E-state index in [1.54, 1.807) is 12.1 Å². The summed E-state index contributed by atoms with van der Waals surface area (Å²) in [6, 6.07) is 12.9. The van der Waals surface area contributed by atoms with Crippen LogP contribution in [0.2, 0.25) is 0 Å². The van der Waals surface area contributed by atoms with Crippen LogP contribution in [0.1, 0.15) is 28.9 Å². The molecule has 5 nitrogen and oxygen atoms in total. The fourth-order valence-electron chi connectivity index (χ4n) is 3.10. The molecule has 1 N–H and O–H groups in total. The van der Waals surface area contributed by atoms with Crippen LogP contribution < -0.4 is 5.32 Å². The van der Waals surface area contributed by atoms with Gasteiger partial charge in [0.15, 0.2) is 0 Å². The molecular weight excluding hydrogens is 314 g/mol. The van der Waals surface area contributed by atoms with Crippen molar-refractivity contribution in [2.45, 2.75) is 19.3 Å². The summed E-state index contributed by atoms with van der Waals surface area (Å²) in [5.41, 5.74) is 2.99. The molecule has 2 heterocycles. The molecule has 1 amide bonds. The van der Waals surface area contributed by atoms with E-state index in [1.807, 2.05) is 30.3 Å². The number of carbonyl (C=O) groups excluding carboxylic acids is 2. The van der Waals surface area contributed by atoms with Crippen molar-refractivity contribution in [3.05, 3.63) is 53.7 Å². The van der Waals surface area contributed by atoms with E-state index in [-0.39, 0.29) is 12.3 Å². The Morgan fingerprint density at radius 3 is 2.76 bits per heavy atom. The molecule has 0 unspecified atom stereocenters. The van der Waals surface area contributed by atoms with Crippen LogP contribution in [-0.2, 0) is 11.2 Å². The van der Waals surface area contributed by atoms with E-state index in [4.69, 9.17) is 0 Å². The van der Waals surface area contributed by atoms with Gasteiger partial charge in [0.05, 0.1) is 17.8 Å². The number of carbonyl (C=O) groups is 2. The minimum absolute atomic E-state index is 0.00881. The van der Waals surface area contributed by atoms with Gasteiger partial charge in [-0.05, 0) is 44.1 Å². The van der Waals surface area contributed by atoms with E-state index in [9.17, 15) is 9.59 Å². The molecular formula is C20H23N3O2. The van der Waals surface area contributed by atoms with Crippen molar-refractivity contribution in [2.24, 2.45) is 0 Å². The maximum absolute atomic E-state index is 12.1. The summed E-state index contributed by atoms with van der Waals surface area (Å²) in [4.78, 5) is 30.0. The van der Waals surface area contributed by atoms with Gasteiger partial charge < -0.3 is 10.2 Å². The van der Waals surface area contributed by atoms with Crippen molar-refractivity contribution in [1.82, 2.24) is 15.2 Å². The Balaban J connectivity index is 1.57. The largest absolute Gasteiger partial charge is 0.354 e. The second kappa shape index (κ2) is 8.53. The maximum Gasteiger partial charge on any atom is 0.226 e. The Labute approximate surface area is 148 Å². The monoisotopic (exact) mass is 337 g/mol. The van der Waals surface area contributed by atoms with Gasteiger partial charge in [-0.1, -0.05) is 24.3 Å². The Morgan fingerprint density at radius 2 is 1.96 bits per heavy atom. The molecule has 5 heteroatoms. The van der Waals surface area contributed by atoms with Crippen molar-refractivity contribution < 1.29 is 9.59 Å². The third-order valence-electron chi connectivity index (χ3n) is 4.42. The van der Waals surface area contributed by atoms with Gasteiger partial charge in [-0.25, -0.2) is 0 Å². The van der Waals surface area contributed by atoms with Gasteiger partial charge in [0.1, 0.15) is 6.29 Å². The van der Waals surface area contributed by atoms with Crippen LogP contribution in [0.4, 0.5) is 0 Å². The molecule has 1 aromatic heterocycles. The summed E-state index contributed by atoms with van der Waals surface area (Å²) >= 11 is 0. The van der Waals surface area contributed by atoms with Crippen LogP contribution in [0.5, 0.6) is 0 Å². The summed E-state index contributed by atoms with van der Waals surface area (Å²) < 4.78 is 0. The average molecular weight is 337 g/mol. The molecule has 0 atom stereocenters. The van der Waals surface area contributed by atoms with Gasteiger partial charge >= 0.3 is 0 Å². The summed E-state index contributed by atoms with van der Waals surface area (Å²) in [6.07, 6.45) is 3.61. The third-order valence-corrected chi connectivity index (χ3v) is 4.42. The summed E-state index contributed by atoms with van der Waals surface area (Å²) in [5, 5.41) is 2.97. The average Bonchev–Trinajstić information content (AvgIpc) is 3.15. The number of hydrogen-bond acceptors (Lipinski definition) is 4. The molecule has 1 aliphatic rings. The zero-order valence-corrected chi connectivity index (χ0v) is 14.3. The minimum Gasteiger partial charge on any atom is -0.354 e. The lowest BCUT2D eigenvalue weighted by atomic mass is 10.1. The number of nitrogens with zero attached hydrogens (tertiary/aromatic N) is 2. The first-order chi connectivity index (χ1) is 12.2. The molecule has 3 rings (SSSR count). The van der Waals surface area contributed by atoms with Crippen LogP contribution in [0, 0.1) is 0 Å². The highest BCUT2D eigenvalue weighted by Gasteiger charge is 2.11. The van der Waals surface area contributed by atoms with Crippen LogP contribution in [0.15, 0.2) is 42.5 Å². The van der Waals surface area contributed by atoms with Crippen molar-refractivity contribution >= 4 is 12.2 Å². The smallest absolute Gasteiger partial charge is 0.226 e. The highest BCUT2D eigenvalue weighted by atomic mass is 16.1. The van der Waals surface area contributed by atoms with E-state index in [1.165, 1.54) is 12.8 Å². The number of aldehydes is 1. The second-order valence-electron chi connectivity index (χ2n) is 6.33. The SMILES string of the molecule is O=Cc1cccc(-c2cccc(CC(=O)NCCN3CCCC3)n2)c1. The number of hydrogen-bond donors (Lipinski definition) is 1. The lowest BCUT2D eigenvalue weighted by Crippen LogP contribution is -2.34. The van der Waals surface area contributed by atoms with Crippen LogP contribution >= 0.6 is 0 Å². The highest BCUT2D eigenvalue weighted by molar-refractivity contribution is 5.79. The van der Waals surface area contributed by atoms with Crippen LogP contribution in [0.3, 0.4) is 0 Å². The topological polar surface area (TPSA) is 62.3 Å². The molecule has 1 saturated heterocycles. The predicted molar refractivity (Wildman–Crippen MR) is 97.4 cm³/mol. The molecule has 0 saturated carbocycles. The normalized spacial score (nSPS) is 14.4. The molecule has 0 aliphatic carbocycles. The Bertz CT molecular complexity index is 739. The zero-order valence-electron chi connectivity index (χ0n) is 14.3. The fourth-order valence-corrected chi connectivity index (χ4v) is 3.10. The Morgan fingerprint density at radius 1 is 1.16 bits per heavy atom. The number of benzene rings is 1. The van der Waals surface area contributed by atoms with Gasteiger partial charge in [0.2, 0.25) is 5.91 Å². The first-order valence-corrected chi connectivity index (χ1v) is 8.75. The van der Waals surface area contributed by atoms with E-state index in [0.29, 0.717) is 12.1 Å². The van der Waals surface area contributed by atoms with Crippen molar-refractivity contribution in [2.75, 3.05) is 26.2 Å². The van der Waals surface area contributed by atoms with Crippen LogP contribution in [0.25, 0.3) is 11.3 Å². The number of amides is 1. The molecule has 0 bridgehead atoms. The molecule has 130 valence electrons. The first kappa shape index (κ1) is 17.3. The molecule has 1 fully saturated rings. The number of aromatic nitrogens is 1. The lowest BCUT2D eigenvalue weighted by molar-refractivity contribution is -0.120. The first-order valence-electron chi connectivity index (χ1n) is 8.75. The Hall–Kier alpha value is -2.53. The van der Waals surface area contributed by atoms with Crippen molar-refractivity contribution in [1.29, 1.82) is 0 Å². The van der Waals surface area contributed by atoms with Crippen molar-refractivity contribution in [3.63, 3.8) is 0 Å². The maximum atomic E-state index is 12.1. The summed E-state index contributed by atoms with van der Waals surface area (Å²) in [5.74, 6) is -0.00881. The van der Waals surface area contributed by atoms with Gasteiger partial charge in [0.25, 0.3) is 0 Å². The number of nitrogens with one attached hydrogen (secondary N) is 1. The minimum atomic E-state index is -0.00881. The standard InChI is InChI=1S/C20H23N3O2/c24-15-16-5-3-6-17(13-16)19-8-4-7-18(22-19)14-20(25)21-9-12-23-10-1-2-11-23/h3-8,13,15H,1-2,9-12,14H2,(H,21,25). The van der Waals surface area contributed by atoms with E-state index < -0.39 is 0 Å². The van der Waals surface area contributed by atoms with Gasteiger partial charge in [-0.15, -0.1) is 0 Å². The van der Waals surface area contributed by atoms with E-state index in [2.05, 4.69) is 15.2 Å². The van der Waals surface area contributed by atoms with Crippen LogP contribution in [-0.4, -0.2) is 48.3 Å². The molecule has 1 aromatic carbocycles. The third kappa shape index (κ3) is 4.97. The quantitative estimate of drug-likeness (QED) is 0.788. The van der Waals surface area contributed by atoms with Gasteiger partial charge in [-0.2, -0.15) is 0 Å². The molecule has 0 spiro atoms. The predicted octanol–water partition coefficient (Wildman–Crippen LogP) is 2.32. The van der Waals surface area contributed by atoms with Crippen molar-refractivity contribution in [3.8, 4) is 11.3 Å². The Kier molecular flexibility index (Phi) is 5.90. The van der Waals surface area contributed by atoms with E-state index in [0.717, 1.165) is 42.9 Å². The molecule has 1 aliphatic heterocycles. The highest BCUT2D eigenvalue weighted by Crippen LogP contribution is 2.18. The lowest BCUT2D eigenvalue weighted by Gasteiger charge is -2.14. The molecule has 25 heavy (non-hydrogen) atoms. The molecule has 2 aromatic rings. The van der Waals surface area contributed by atoms with Gasteiger partial charge in [0, 0.05) is 24.2 Å². The second-order valence-corrected chi connectivity index (χ2v) is 6.33. The fraction of sp³-hybridized carbons (Fsp3) is 0.350. The summed E-state index contributed by atoms with van der Waals surface area (Å²) in [6.45, 7) is 3.87.